The Bertz CT molecular complexity index is 345. The first-order chi connectivity index (χ1) is 7.22. The molecule has 0 spiro atoms. The van der Waals surface area contributed by atoms with Gasteiger partial charge in [0.15, 0.2) is 0 Å². The van der Waals surface area contributed by atoms with Gasteiger partial charge in [-0.05, 0) is 32.6 Å². The van der Waals surface area contributed by atoms with Crippen molar-refractivity contribution in [1.29, 1.82) is 0 Å². The van der Waals surface area contributed by atoms with Crippen LogP contribution in [0.1, 0.15) is 29.8 Å². The van der Waals surface area contributed by atoms with Crippen molar-refractivity contribution in [3.63, 3.8) is 0 Å². The summed E-state index contributed by atoms with van der Waals surface area (Å²) in [5, 5.41) is 4.41. The number of hydrogen-bond donors (Lipinski definition) is 0. The molecule has 0 saturated heterocycles. The van der Waals surface area contributed by atoms with Crippen LogP contribution in [-0.4, -0.2) is 16.4 Å². The van der Waals surface area contributed by atoms with E-state index in [1.54, 1.807) is 0 Å². The molecule has 2 rings (SSSR count). The number of hydrogen-bond acceptors (Lipinski definition) is 2. The fourth-order valence-corrected chi connectivity index (χ4v) is 2.03. The van der Waals surface area contributed by atoms with Gasteiger partial charge in [-0.1, -0.05) is 0 Å². The minimum absolute atomic E-state index is 0.528. The maximum Gasteiger partial charge on any atom is 0.139 e. The number of halogens is 1. The predicted octanol–water partition coefficient (Wildman–Crippen LogP) is 2.62. The number of aryl methyl sites for hydroxylation is 1. The lowest BCUT2D eigenvalue weighted by molar-refractivity contribution is 0.0597. The molecule has 3 nitrogen and oxygen atoms in total. The molecule has 4 heteroatoms. The largest absolute Gasteiger partial charge is 0.359 e. The van der Waals surface area contributed by atoms with E-state index in [-0.39, 0.29) is 0 Å². The van der Waals surface area contributed by atoms with Crippen molar-refractivity contribution >= 4 is 11.6 Å². The maximum absolute atomic E-state index is 5.85. The van der Waals surface area contributed by atoms with E-state index in [9.17, 15) is 0 Å². The highest BCUT2D eigenvalue weighted by Gasteiger charge is 2.21. The SMILES string of the molecule is Cc1nn(COCC2CC2)c(C)c1CCl. The summed E-state index contributed by atoms with van der Waals surface area (Å²) in [5.41, 5.74) is 3.27. The maximum atomic E-state index is 5.85. The Morgan fingerprint density at radius 2 is 2.20 bits per heavy atom. The van der Waals surface area contributed by atoms with Crippen LogP contribution in [0.15, 0.2) is 0 Å². The molecule has 0 bridgehead atoms. The van der Waals surface area contributed by atoms with E-state index in [0.29, 0.717) is 12.6 Å². The Kier molecular flexibility index (Phi) is 3.32. The highest BCUT2D eigenvalue weighted by atomic mass is 35.5. The molecule has 1 heterocycles. The number of alkyl halides is 1. The van der Waals surface area contributed by atoms with Gasteiger partial charge < -0.3 is 4.74 Å². The Labute approximate surface area is 95.4 Å². The molecule has 0 N–H and O–H groups in total. The minimum atomic E-state index is 0.528. The van der Waals surface area contributed by atoms with Crippen LogP contribution >= 0.6 is 11.6 Å². The molecule has 0 aliphatic heterocycles. The average molecular weight is 229 g/mol. The molecule has 1 aromatic heterocycles. The summed E-state index contributed by atoms with van der Waals surface area (Å²) < 4.78 is 7.49. The Morgan fingerprint density at radius 1 is 1.47 bits per heavy atom. The van der Waals surface area contributed by atoms with E-state index in [0.717, 1.165) is 29.5 Å². The van der Waals surface area contributed by atoms with Crippen LogP contribution in [0.5, 0.6) is 0 Å². The molecule has 0 radical (unpaired) electrons. The van der Waals surface area contributed by atoms with Crippen LogP contribution in [0.4, 0.5) is 0 Å². The zero-order valence-electron chi connectivity index (χ0n) is 9.29. The Morgan fingerprint density at radius 3 is 2.73 bits per heavy atom. The molecule has 15 heavy (non-hydrogen) atoms. The minimum Gasteiger partial charge on any atom is -0.359 e. The third kappa shape index (κ3) is 2.52. The standard InChI is InChI=1S/C11H17ClN2O/c1-8-11(5-12)9(2)14(13-8)7-15-6-10-3-4-10/h10H,3-7H2,1-2H3. The second-order valence-corrected chi connectivity index (χ2v) is 4.49. The van der Waals surface area contributed by atoms with Crippen molar-refractivity contribution in [2.24, 2.45) is 5.92 Å². The highest BCUT2D eigenvalue weighted by Crippen LogP contribution is 2.28. The summed E-state index contributed by atoms with van der Waals surface area (Å²) >= 11 is 5.85. The second-order valence-electron chi connectivity index (χ2n) is 4.23. The first-order valence-corrected chi connectivity index (χ1v) is 5.92. The molecule has 0 atom stereocenters. The summed E-state index contributed by atoms with van der Waals surface area (Å²) in [7, 11) is 0. The van der Waals surface area contributed by atoms with Crippen molar-refractivity contribution < 1.29 is 4.74 Å². The summed E-state index contributed by atoms with van der Waals surface area (Å²) in [6.07, 6.45) is 2.65. The number of aromatic nitrogens is 2. The van der Waals surface area contributed by atoms with Crippen LogP contribution < -0.4 is 0 Å². The van der Waals surface area contributed by atoms with Gasteiger partial charge in [0.05, 0.1) is 18.2 Å². The molecule has 0 unspecified atom stereocenters. The molecular formula is C11H17ClN2O. The first kappa shape index (κ1) is 11.0. The van der Waals surface area contributed by atoms with Gasteiger partial charge >= 0.3 is 0 Å². The van der Waals surface area contributed by atoms with Crippen LogP contribution in [0, 0.1) is 19.8 Å². The Hall–Kier alpha value is -0.540. The molecule has 0 amide bonds. The quantitative estimate of drug-likeness (QED) is 0.725. The van der Waals surface area contributed by atoms with Crippen LogP contribution in [0.2, 0.25) is 0 Å². The van der Waals surface area contributed by atoms with Crippen molar-refractivity contribution in [2.45, 2.75) is 39.3 Å². The topological polar surface area (TPSA) is 27.1 Å². The molecule has 1 fully saturated rings. The third-order valence-corrected chi connectivity index (χ3v) is 3.20. The summed E-state index contributed by atoms with van der Waals surface area (Å²) in [4.78, 5) is 0. The molecule has 1 aliphatic carbocycles. The third-order valence-electron chi connectivity index (χ3n) is 2.93. The summed E-state index contributed by atoms with van der Waals surface area (Å²) in [5.74, 6) is 1.33. The van der Waals surface area contributed by atoms with E-state index in [1.165, 1.54) is 12.8 Å². The van der Waals surface area contributed by atoms with Crippen LogP contribution in [0.25, 0.3) is 0 Å². The second kappa shape index (κ2) is 4.54. The molecule has 1 aliphatic rings. The van der Waals surface area contributed by atoms with E-state index in [2.05, 4.69) is 5.10 Å². The normalized spacial score (nSPS) is 15.9. The highest BCUT2D eigenvalue weighted by molar-refractivity contribution is 6.17. The van der Waals surface area contributed by atoms with E-state index < -0.39 is 0 Å². The van der Waals surface area contributed by atoms with Crippen molar-refractivity contribution in [2.75, 3.05) is 6.61 Å². The number of rotatable bonds is 5. The van der Waals surface area contributed by atoms with Gasteiger partial charge in [0, 0.05) is 11.3 Å². The lowest BCUT2D eigenvalue weighted by Crippen LogP contribution is -2.08. The van der Waals surface area contributed by atoms with Gasteiger partial charge in [0.25, 0.3) is 0 Å². The predicted molar refractivity (Wildman–Crippen MR) is 59.9 cm³/mol. The van der Waals surface area contributed by atoms with Gasteiger partial charge in [-0.15, -0.1) is 11.6 Å². The summed E-state index contributed by atoms with van der Waals surface area (Å²) in [6, 6.07) is 0. The zero-order chi connectivity index (χ0) is 10.8. The molecular weight excluding hydrogens is 212 g/mol. The van der Waals surface area contributed by atoms with Crippen LogP contribution in [0.3, 0.4) is 0 Å². The number of nitrogens with zero attached hydrogens (tertiary/aromatic N) is 2. The summed E-state index contributed by atoms with van der Waals surface area (Å²) in [6.45, 7) is 5.45. The zero-order valence-corrected chi connectivity index (χ0v) is 10.0. The molecule has 84 valence electrons. The van der Waals surface area contributed by atoms with Crippen molar-refractivity contribution in [3.8, 4) is 0 Å². The van der Waals surface area contributed by atoms with Gasteiger partial charge in [-0.25, -0.2) is 4.68 Å². The monoisotopic (exact) mass is 228 g/mol. The molecule has 1 saturated carbocycles. The van der Waals surface area contributed by atoms with Crippen LogP contribution in [-0.2, 0) is 17.3 Å². The first-order valence-electron chi connectivity index (χ1n) is 5.39. The fraction of sp³-hybridized carbons (Fsp3) is 0.727. The average Bonchev–Trinajstić information content (AvgIpc) is 2.96. The van der Waals surface area contributed by atoms with Crippen molar-refractivity contribution in [3.05, 3.63) is 17.0 Å². The Balaban J connectivity index is 1.94. The molecule has 1 aromatic rings. The lowest BCUT2D eigenvalue weighted by Gasteiger charge is -2.05. The fourth-order valence-electron chi connectivity index (χ4n) is 1.64. The van der Waals surface area contributed by atoms with Gasteiger partial charge in [-0.3, -0.25) is 0 Å². The lowest BCUT2D eigenvalue weighted by atomic mass is 10.2. The van der Waals surface area contributed by atoms with E-state index >= 15 is 0 Å². The van der Waals surface area contributed by atoms with Gasteiger partial charge in [0.2, 0.25) is 0 Å². The smallest absolute Gasteiger partial charge is 0.139 e. The molecule has 0 aromatic carbocycles. The van der Waals surface area contributed by atoms with Gasteiger partial charge in [-0.2, -0.15) is 5.10 Å². The van der Waals surface area contributed by atoms with Gasteiger partial charge in [0.1, 0.15) is 6.73 Å². The van der Waals surface area contributed by atoms with E-state index in [1.807, 2.05) is 18.5 Å². The van der Waals surface area contributed by atoms with E-state index in [4.69, 9.17) is 16.3 Å². The number of ether oxygens (including phenoxy) is 1. The van der Waals surface area contributed by atoms with Crippen molar-refractivity contribution in [1.82, 2.24) is 9.78 Å².